The van der Waals surface area contributed by atoms with Crippen LogP contribution in [-0.2, 0) is 9.47 Å². The minimum atomic E-state index is -0.864. The van der Waals surface area contributed by atoms with Crippen molar-refractivity contribution >= 4 is 0 Å². The van der Waals surface area contributed by atoms with Crippen molar-refractivity contribution in [2.45, 2.75) is 18.8 Å². The molecular formula is C13H18O5. The highest BCUT2D eigenvalue weighted by molar-refractivity contribution is 5.44. The van der Waals surface area contributed by atoms with Gasteiger partial charge in [-0.2, -0.15) is 0 Å². The molecule has 1 aromatic carbocycles. The minimum Gasteiger partial charge on any atom is -0.490 e. The molecule has 1 aliphatic heterocycles. The van der Waals surface area contributed by atoms with Crippen LogP contribution in [-0.4, -0.2) is 38.8 Å². The van der Waals surface area contributed by atoms with E-state index in [2.05, 4.69) is 0 Å². The lowest BCUT2D eigenvalue weighted by Gasteiger charge is -2.21. The molecule has 0 aliphatic carbocycles. The van der Waals surface area contributed by atoms with E-state index in [1.165, 1.54) is 14.2 Å². The number of ether oxygens (including phenoxy) is 4. The molecule has 0 bridgehead atoms. The van der Waals surface area contributed by atoms with Gasteiger partial charge >= 0.3 is 0 Å². The zero-order valence-electron chi connectivity index (χ0n) is 10.6. The summed E-state index contributed by atoms with van der Waals surface area (Å²) in [6.45, 7) is 1.26. The molecule has 0 fully saturated rings. The molecule has 18 heavy (non-hydrogen) atoms. The van der Waals surface area contributed by atoms with Gasteiger partial charge in [0.25, 0.3) is 0 Å². The summed E-state index contributed by atoms with van der Waals surface area (Å²) in [6.07, 6.45) is -0.711. The van der Waals surface area contributed by atoms with Crippen LogP contribution in [0.25, 0.3) is 0 Å². The Balaban J connectivity index is 2.21. The highest BCUT2D eigenvalue weighted by Crippen LogP contribution is 2.33. The fourth-order valence-electron chi connectivity index (χ4n) is 1.88. The molecule has 2 rings (SSSR count). The molecule has 0 saturated carbocycles. The summed E-state index contributed by atoms with van der Waals surface area (Å²) in [7, 11) is 2.97. The zero-order chi connectivity index (χ0) is 13.0. The molecule has 0 radical (unpaired) electrons. The Hall–Kier alpha value is -1.30. The van der Waals surface area contributed by atoms with E-state index in [4.69, 9.17) is 18.9 Å². The topological polar surface area (TPSA) is 57.2 Å². The van der Waals surface area contributed by atoms with Gasteiger partial charge in [0.2, 0.25) is 0 Å². The van der Waals surface area contributed by atoms with Crippen LogP contribution in [0.15, 0.2) is 18.2 Å². The van der Waals surface area contributed by atoms with E-state index < -0.39 is 12.4 Å². The van der Waals surface area contributed by atoms with Crippen molar-refractivity contribution < 1.29 is 24.1 Å². The van der Waals surface area contributed by atoms with Crippen molar-refractivity contribution in [3.05, 3.63) is 23.8 Å². The number of aliphatic hydroxyl groups is 1. The molecule has 1 heterocycles. The van der Waals surface area contributed by atoms with E-state index in [0.717, 1.165) is 6.42 Å². The number of methoxy groups -OCH3 is 2. The smallest absolute Gasteiger partial charge is 0.187 e. The molecule has 1 aromatic rings. The fraction of sp³-hybridized carbons (Fsp3) is 0.538. The largest absolute Gasteiger partial charge is 0.490 e. The second kappa shape index (κ2) is 6.04. The monoisotopic (exact) mass is 254 g/mol. The quantitative estimate of drug-likeness (QED) is 0.825. The van der Waals surface area contributed by atoms with Crippen molar-refractivity contribution in [3.63, 3.8) is 0 Å². The highest BCUT2D eigenvalue weighted by Gasteiger charge is 2.22. The van der Waals surface area contributed by atoms with Crippen molar-refractivity contribution in [2.75, 3.05) is 27.4 Å². The van der Waals surface area contributed by atoms with Gasteiger partial charge in [0, 0.05) is 20.6 Å². The van der Waals surface area contributed by atoms with Crippen LogP contribution < -0.4 is 9.47 Å². The molecule has 0 saturated heterocycles. The van der Waals surface area contributed by atoms with Gasteiger partial charge < -0.3 is 24.1 Å². The molecule has 0 amide bonds. The number of hydrogen-bond donors (Lipinski definition) is 1. The van der Waals surface area contributed by atoms with Crippen LogP contribution in [0.1, 0.15) is 18.1 Å². The average molecular weight is 254 g/mol. The molecule has 0 spiro atoms. The predicted octanol–water partition coefficient (Wildman–Crippen LogP) is 1.50. The van der Waals surface area contributed by atoms with Crippen molar-refractivity contribution in [3.8, 4) is 11.5 Å². The van der Waals surface area contributed by atoms with E-state index in [-0.39, 0.29) is 0 Å². The number of aliphatic hydroxyl groups excluding tert-OH is 1. The summed E-state index contributed by atoms with van der Waals surface area (Å²) >= 11 is 0. The third kappa shape index (κ3) is 2.75. The van der Waals surface area contributed by atoms with E-state index in [1.807, 2.05) is 0 Å². The Bertz CT molecular complexity index is 389. The first-order valence-electron chi connectivity index (χ1n) is 5.89. The SMILES string of the molecule is COC(OC)C(O)c1ccc2c(c1)OCCCO2. The van der Waals surface area contributed by atoms with Crippen LogP contribution in [0.4, 0.5) is 0 Å². The van der Waals surface area contributed by atoms with Gasteiger partial charge in [-0.1, -0.05) is 6.07 Å². The van der Waals surface area contributed by atoms with Gasteiger partial charge in [0.05, 0.1) is 13.2 Å². The second-order valence-electron chi connectivity index (χ2n) is 4.04. The summed E-state index contributed by atoms with van der Waals surface area (Å²) in [5, 5.41) is 10.1. The van der Waals surface area contributed by atoms with E-state index in [1.54, 1.807) is 18.2 Å². The first-order valence-corrected chi connectivity index (χ1v) is 5.89. The van der Waals surface area contributed by atoms with Crippen LogP contribution in [0.5, 0.6) is 11.5 Å². The maximum absolute atomic E-state index is 10.1. The number of benzene rings is 1. The summed E-state index contributed by atoms with van der Waals surface area (Å²) in [6, 6.07) is 5.33. The molecule has 100 valence electrons. The Labute approximate surface area is 106 Å². The Morgan fingerprint density at radius 3 is 2.44 bits per heavy atom. The molecular weight excluding hydrogens is 236 g/mol. The van der Waals surface area contributed by atoms with E-state index >= 15 is 0 Å². The number of fused-ring (bicyclic) bond motifs is 1. The standard InChI is InChI=1S/C13H18O5/c1-15-13(16-2)12(14)9-4-5-10-11(8-9)18-7-3-6-17-10/h4-5,8,12-14H,3,6-7H2,1-2H3. The van der Waals surface area contributed by atoms with Gasteiger partial charge in [-0.05, 0) is 17.7 Å². The van der Waals surface area contributed by atoms with Crippen molar-refractivity contribution in [2.24, 2.45) is 0 Å². The van der Waals surface area contributed by atoms with Crippen LogP contribution >= 0.6 is 0 Å². The van der Waals surface area contributed by atoms with Crippen LogP contribution in [0.2, 0.25) is 0 Å². The lowest BCUT2D eigenvalue weighted by atomic mass is 10.1. The Kier molecular flexibility index (Phi) is 4.41. The van der Waals surface area contributed by atoms with Crippen molar-refractivity contribution in [1.29, 1.82) is 0 Å². The van der Waals surface area contributed by atoms with Gasteiger partial charge in [-0.25, -0.2) is 0 Å². The third-order valence-electron chi connectivity index (χ3n) is 2.84. The second-order valence-corrected chi connectivity index (χ2v) is 4.04. The summed E-state index contributed by atoms with van der Waals surface area (Å²) in [4.78, 5) is 0. The molecule has 1 N–H and O–H groups in total. The molecule has 5 nitrogen and oxygen atoms in total. The first-order chi connectivity index (χ1) is 8.76. The van der Waals surface area contributed by atoms with Crippen LogP contribution in [0, 0.1) is 0 Å². The molecule has 5 heteroatoms. The van der Waals surface area contributed by atoms with Gasteiger partial charge in [0.15, 0.2) is 17.8 Å². The summed E-state index contributed by atoms with van der Waals surface area (Å²) in [5.74, 6) is 1.35. The number of hydrogen-bond acceptors (Lipinski definition) is 5. The summed E-state index contributed by atoms with van der Waals surface area (Å²) < 4.78 is 21.2. The molecule has 1 aliphatic rings. The fourth-order valence-corrected chi connectivity index (χ4v) is 1.88. The van der Waals surface area contributed by atoms with E-state index in [0.29, 0.717) is 30.3 Å². The predicted molar refractivity (Wildman–Crippen MR) is 64.8 cm³/mol. The maximum Gasteiger partial charge on any atom is 0.187 e. The third-order valence-corrected chi connectivity index (χ3v) is 2.84. The zero-order valence-corrected chi connectivity index (χ0v) is 10.6. The van der Waals surface area contributed by atoms with Crippen LogP contribution in [0.3, 0.4) is 0 Å². The van der Waals surface area contributed by atoms with E-state index in [9.17, 15) is 5.11 Å². The number of rotatable bonds is 4. The van der Waals surface area contributed by atoms with Gasteiger partial charge in [-0.15, -0.1) is 0 Å². The lowest BCUT2D eigenvalue weighted by Crippen LogP contribution is -2.22. The minimum absolute atomic E-state index is 0.616. The highest BCUT2D eigenvalue weighted by atomic mass is 16.7. The Morgan fingerprint density at radius 1 is 1.11 bits per heavy atom. The average Bonchev–Trinajstić information content (AvgIpc) is 2.64. The molecule has 1 atom stereocenters. The van der Waals surface area contributed by atoms with Gasteiger partial charge in [0.1, 0.15) is 6.10 Å². The normalized spacial score (nSPS) is 16.4. The lowest BCUT2D eigenvalue weighted by molar-refractivity contribution is -0.166. The van der Waals surface area contributed by atoms with Crippen molar-refractivity contribution in [1.82, 2.24) is 0 Å². The molecule has 0 aromatic heterocycles. The maximum atomic E-state index is 10.1. The molecule has 1 unspecified atom stereocenters. The van der Waals surface area contributed by atoms with Gasteiger partial charge in [-0.3, -0.25) is 0 Å². The summed E-state index contributed by atoms with van der Waals surface area (Å²) in [5.41, 5.74) is 0.674. The first kappa shape index (κ1) is 13.1. The Morgan fingerprint density at radius 2 is 1.78 bits per heavy atom.